The highest BCUT2D eigenvalue weighted by atomic mass is 32.2. The van der Waals surface area contributed by atoms with E-state index in [1.54, 1.807) is 42.5 Å². The topological polar surface area (TPSA) is 119 Å². The monoisotopic (exact) mass is 565 g/mol. The lowest BCUT2D eigenvalue weighted by molar-refractivity contribution is -0.116. The third-order valence-corrected chi connectivity index (χ3v) is 7.49. The Morgan fingerprint density at radius 1 is 1.00 bits per heavy atom. The average molecular weight is 566 g/mol. The van der Waals surface area contributed by atoms with Gasteiger partial charge in [-0.2, -0.15) is 0 Å². The Hall–Kier alpha value is -3.70. The maximum absolute atomic E-state index is 12.5. The number of nitrogens with zero attached hydrogens (tertiary/aromatic N) is 3. The summed E-state index contributed by atoms with van der Waals surface area (Å²) in [6, 6.07) is 12.7. The zero-order valence-electron chi connectivity index (χ0n) is 22.1. The number of aromatic nitrogens is 3. The minimum Gasteiger partial charge on any atom is -0.494 e. The maximum atomic E-state index is 12.5. The van der Waals surface area contributed by atoms with Gasteiger partial charge in [-0.1, -0.05) is 50.3 Å². The van der Waals surface area contributed by atoms with E-state index in [1.807, 2.05) is 30.3 Å². The third-order valence-electron chi connectivity index (χ3n) is 5.40. The Bertz CT molecular complexity index is 1360. The van der Waals surface area contributed by atoms with Crippen molar-refractivity contribution in [1.29, 1.82) is 0 Å². The number of benzene rings is 1. The number of hydrogen-bond acceptors (Lipinski definition) is 9. The lowest BCUT2D eigenvalue weighted by Crippen LogP contribution is -2.14. The van der Waals surface area contributed by atoms with E-state index in [-0.39, 0.29) is 23.7 Å². The normalized spacial score (nSPS) is 11.3. The van der Waals surface area contributed by atoms with Crippen LogP contribution < -0.4 is 15.4 Å². The fraction of sp³-hybridized carbons (Fsp3) is 0.321. The molecule has 0 spiro atoms. The zero-order chi connectivity index (χ0) is 27.7. The summed E-state index contributed by atoms with van der Waals surface area (Å²) in [5, 5.41) is 6.16. The summed E-state index contributed by atoms with van der Waals surface area (Å²) < 4.78 is 12.5. The van der Waals surface area contributed by atoms with Gasteiger partial charge in [0.2, 0.25) is 17.7 Å². The fourth-order valence-electron chi connectivity index (χ4n) is 3.36. The zero-order valence-corrected chi connectivity index (χ0v) is 23.7. The highest BCUT2D eigenvalue weighted by Crippen LogP contribution is 2.32. The Morgan fingerprint density at radius 2 is 1.82 bits per heavy atom. The molecule has 0 aliphatic rings. The van der Waals surface area contributed by atoms with Crippen LogP contribution in [-0.2, 0) is 27.2 Å². The van der Waals surface area contributed by atoms with Crippen molar-refractivity contribution in [1.82, 2.24) is 15.0 Å². The molecule has 3 heterocycles. The van der Waals surface area contributed by atoms with E-state index in [1.165, 1.54) is 11.3 Å². The van der Waals surface area contributed by atoms with Crippen LogP contribution >= 0.6 is 23.1 Å². The molecule has 2 amide bonds. The number of thioether (sulfide) groups is 1. The molecule has 0 radical (unpaired) electrons. The van der Waals surface area contributed by atoms with Crippen LogP contribution in [0.5, 0.6) is 5.75 Å². The molecule has 3 aromatic heterocycles. The van der Waals surface area contributed by atoms with Crippen molar-refractivity contribution in [3.63, 3.8) is 0 Å². The lowest BCUT2D eigenvalue weighted by Gasteiger charge is -2.12. The molecule has 39 heavy (non-hydrogen) atoms. The quantitative estimate of drug-likeness (QED) is 0.156. The number of pyridine rings is 1. The van der Waals surface area contributed by atoms with Gasteiger partial charge < -0.3 is 19.8 Å². The van der Waals surface area contributed by atoms with E-state index in [0.717, 1.165) is 15.5 Å². The minimum absolute atomic E-state index is 0.0776. The first kappa shape index (κ1) is 28.3. The number of hydrogen-bond donors (Lipinski definition) is 2. The molecule has 4 aromatic rings. The number of carbonyl (C=O) groups is 2. The number of oxazole rings is 1. The molecule has 0 unspecified atom stereocenters. The van der Waals surface area contributed by atoms with Crippen molar-refractivity contribution in [2.75, 3.05) is 17.2 Å². The van der Waals surface area contributed by atoms with Crippen LogP contribution in [0.25, 0.3) is 0 Å². The van der Waals surface area contributed by atoms with Crippen molar-refractivity contribution in [3.8, 4) is 5.75 Å². The molecule has 204 valence electrons. The lowest BCUT2D eigenvalue weighted by atomic mass is 9.94. The second-order valence-corrected chi connectivity index (χ2v) is 12.0. The molecule has 0 atom stereocenters. The van der Waals surface area contributed by atoms with Crippen LogP contribution in [0.15, 0.2) is 69.7 Å². The number of ether oxygens (including phenoxy) is 1. The Kier molecular flexibility index (Phi) is 9.72. The first-order valence-corrected chi connectivity index (χ1v) is 14.3. The van der Waals surface area contributed by atoms with Gasteiger partial charge in [-0.3, -0.25) is 9.59 Å². The molecule has 4 rings (SSSR count). The van der Waals surface area contributed by atoms with Gasteiger partial charge in [-0.15, -0.1) is 11.8 Å². The second kappa shape index (κ2) is 13.4. The summed E-state index contributed by atoms with van der Waals surface area (Å²) in [5.74, 6) is 3.10. The van der Waals surface area contributed by atoms with E-state index in [4.69, 9.17) is 9.15 Å². The van der Waals surface area contributed by atoms with Crippen LogP contribution in [0.3, 0.4) is 0 Å². The molecule has 0 saturated carbocycles. The van der Waals surface area contributed by atoms with Gasteiger partial charge in [-0.25, -0.2) is 15.0 Å². The summed E-state index contributed by atoms with van der Waals surface area (Å²) in [4.78, 5) is 37.2. The molecule has 1 aromatic carbocycles. The summed E-state index contributed by atoms with van der Waals surface area (Å²) in [6.45, 7) is 6.66. The molecule has 0 bridgehead atoms. The van der Waals surface area contributed by atoms with Crippen molar-refractivity contribution in [2.45, 2.75) is 55.4 Å². The van der Waals surface area contributed by atoms with E-state index in [2.05, 4.69) is 46.4 Å². The van der Waals surface area contributed by atoms with Crippen LogP contribution in [0.1, 0.15) is 50.8 Å². The van der Waals surface area contributed by atoms with Crippen LogP contribution in [0.2, 0.25) is 0 Å². The molecule has 2 N–H and O–H groups in total. The first-order chi connectivity index (χ1) is 18.7. The van der Waals surface area contributed by atoms with Gasteiger partial charge in [0.15, 0.2) is 5.13 Å². The van der Waals surface area contributed by atoms with Crippen molar-refractivity contribution in [3.05, 3.63) is 78.3 Å². The van der Waals surface area contributed by atoms with Crippen molar-refractivity contribution < 1.29 is 18.7 Å². The molecule has 9 nitrogen and oxygen atoms in total. The maximum Gasteiger partial charge on any atom is 0.230 e. The minimum atomic E-state index is -0.143. The van der Waals surface area contributed by atoms with Gasteiger partial charge in [0.1, 0.15) is 17.3 Å². The van der Waals surface area contributed by atoms with Crippen LogP contribution in [0.4, 0.5) is 10.9 Å². The predicted molar refractivity (Wildman–Crippen MR) is 153 cm³/mol. The van der Waals surface area contributed by atoms with E-state index < -0.39 is 0 Å². The summed E-state index contributed by atoms with van der Waals surface area (Å²) in [6.07, 6.45) is 6.29. The summed E-state index contributed by atoms with van der Waals surface area (Å²) in [7, 11) is 0. The number of rotatable bonds is 12. The van der Waals surface area contributed by atoms with Crippen molar-refractivity contribution in [2.24, 2.45) is 0 Å². The van der Waals surface area contributed by atoms with E-state index >= 15 is 0 Å². The Labute approximate surface area is 235 Å². The third kappa shape index (κ3) is 9.22. The second-order valence-electron chi connectivity index (χ2n) is 9.73. The number of amides is 2. The van der Waals surface area contributed by atoms with E-state index in [9.17, 15) is 9.59 Å². The Morgan fingerprint density at radius 3 is 2.54 bits per heavy atom. The smallest absolute Gasteiger partial charge is 0.230 e. The van der Waals surface area contributed by atoms with Gasteiger partial charge in [0, 0.05) is 18.0 Å². The van der Waals surface area contributed by atoms with E-state index in [0.29, 0.717) is 47.8 Å². The van der Waals surface area contributed by atoms with Gasteiger partial charge in [0.25, 0.3) is 0 Å². The van der Waals surface area contributed by atoms with Gasteiger partial charge in [0.05, 0.1) is 35.4 Å². The average Bonchev–Trinajstić information content (AvgIpc) is 3.56. The molecule has 0 saturated heterocycles. The molecule has 0 fully saturated rings. The molecular formula is C28H31N5O4S2. The number of anilines is 2. The number of nitrogens with one attached hydrogen (secondary N) is 2. The SMILES string of the molecule is CC(C)(C)c1cnc(CSc2cnc(NC(=O)Cc3ccc(OCCCC(=O)Nc4ccccn4)cc3)s2)o1. The van der Waals surface area contributed by atoms with Crippen LogP contribution in [0, 0.1) is 0 Å². The molecule has 11 heteroatoms. The standard InChI is InChI=1S/C28H31N5O4S2/c1-28(2,3)21-16-30-25(37-21)18-38-26-17-31-27(39-26)33-24(35)15-19-9-11-20(12-10-19)36-14-6-8-23(34)32-22-7-4-5-13-29-22/h4-5,7,9-13,16-17H,6,8,14-15,18H2,1-3H3,(H,29,32,34)(H,31,33,35). The van der Waals surface area contributed by atoms with Gasteiger partial charge >= 0.3 is 0 Å². The van der Waals surface area contributed by atoms with Gasteiger partial charge in [-0.05, 0) is 36.2 Å². The Balaban J connectivity index is 1.14. The fourth-order valence-corrected chi connectivity index (χ4v) is 5.10. The number of thiazole rings is 1. The summed E-state index contributed by atoms with van der Waals surface area (Å²) >= 11 is 2.99. The largest absolute Gasteiger partial charge is 0.494 e. The highest BCUT2D eigenvalue weighted by molar-refractivity contribution is 8.00. The predicted octanol–water partition coefficient (Wildman–Crippen LogP) is 6.09. The first-order valence-electron chi connectivity index (χ1n) is 12.5. The van der Waals surface area contributed by atoms with Crippen molar-refractivity contribution >= 4 is 45.9 Å². The highest BCUT2D eigenvalue weighted by Gasteiger charge is 2.19. The number of carbonyl (C=O) groups excluding carboxylic acids is 2. The van der Waals surface area contributed by atoms with Crippen LogP contribution in [-0.4, -0.2) is 33.4 Å². The summed E-state index contributed by atoms with van der Waals surface area (Å²) in [5.41, 5.74) is 0.783. The molecular weight excluding hydrogens is 534 g/mol. The molecule has 0 aliphatic carbocycles. The molecule has 0 aliphatic heterocycles.